The second kappa shape index (κ2) is 17.7. The van der Waals surface area contributed by atoms with Crippen LogP contribution < -0.4 is 19.7 Å². The van der Waals surface area contributed by atoms with Crippen molar-refractivity contribution >= 4 is 48.9 Å². The predicted molar refractivity (Wildman–Crippen MR) is 194 cm³/mol. The van der Waals surface area contributed by atoms with E-state index in [9.17, 15) is 53.2 Å². The molecule has 0 aliphatic heterocycles. The van der Waals surface area contributed by atoms with E-state index in [0.29, 0.717) is 16.9 Å². The van der Waals surface area contributed by atoms with Gasteiger partial charge >= 0.3 is 12.1 Å². The first kappa shape index (κ1) is 43.2. The molecular weight excluding hydrogens is 760 g/mol. The number of hydrogen-bond donors (Lipinski definition) is 2. The molecule has 1 amide bonds. The van der Waals surface area contributed by atoms with Gasteiger partial charge in [-0.2, -0.15) is 13.2 Å². The molecule has 0 unspecified atom stereocenters. The highest BCUT2D eigenvalue weighted by Gasteiger charge is 2.38. The number of carbonyl (C=O) groups is 3. The van der Waals surface area contributed by atoms with Crippen LogP contribution in [-0.2, 0) is 37.9 Å². The van der Waals surface area contributed by atoms with Gasteiger partial charge in [0.05, 0.1) is 50.1 Å². The van der Waals surface area contributed by atoms with Crippen molar-refractivity contribution in [2.45, 2.75) is 33.1 Å². The van der Waals surface area contributed by atoms with Crippen molar-refractivity contribution < 1.29 is 53.2 Å². The number of anilines is 2. The molecule has 0 heterocycles. The standard InChI is InChI=1S/C19H18F4N2O4S.C17H19FN2O3S/c1-12-5-3-4-6-16(12)25(30(2,28)29)11-14-8-7-13(9-15(14)20)17(26)10-24-18(27)19(21,22)23;1-12-5-3-4-6-16(12)20(24(2,22)23)11-14-8-7-13(9-15(14)18)17(21)10-19/h3-9H,10-11H2,1-2H3,(H,24,27);3-9H,10-11,19H2,1-2H3. The molecule has 54 heavy (non-hydrogen) atoms. The van der Waals surface area contributed by atoms with Crippen LogP contribution in [0.2, 0.25) is 0 Å². The number of aryl methyl sites for hydroxylation is 2. The zero-order valence-corrected chi connectivity index (χ0v) is 31.1. The molecular formula is C36H37F5N4O7S2. The van der Waals surface area contributed by atoms with Gasteiger partial charge in [-0.3, -0.25) is 23.0 Å². The van der Waals surface area contributed by atoms with Crippen molar-refractivity contribution in [3.8, 4) is 0 Å². The summed E-state index contributed by atoms with van der Waals surface area (Å²) in [6, 6.07) is 20.6. The van der Waals surface area contributed by atoms with Crippen LogP contribution in [0, 0.1) is 25.5 Å². The van der Waals surface area contributed by atoms with Crippen molar-refractivity contribution in [3.05, 3.63) is 130 Å². The lowest BCUT2D eigenvalue weighted by molar-refractivity contribution is -0.173. The van der Waals surface area contributed by atoms with Crippen molar-refractivity contribution in [3.63, 3.8) is 0 Å². The lowest BCUT2D eigenvalue weighted by Gasteiger charge is -2.24. The lowest BCUT2D eigenvalue weighted by Crippen LogP contribution is -2.39. The van der Waals surface area contributed by atoms with Crippen LogP contribution in [0.1, 0.15) is 43.0 Å². The molecule has 0 aliphatic rings. The summed E-state index contributed by atoms with van der Waals surface area (Å²) in [5.74, 6) is -5.15. The Morgan fingerprint density at radius 1 is 0.667 bits per heavy atom. The predicted octanol–water partition coefficient (Wildman–Crippen LogP) is 5.20. The van der Waals surface area contributed by atoms with Crippen molar-refractivity contribution in [1.29, 1.82) is 0 Å². The van der Waals surface area contributed by atoms with Gasteiger partial charge in [0.25, 0.3) is 0 Å². The van der Waals surface area contributed by atoms with E-state index in [1.54, 1.807) is 62.4 Å². The van der Waals surface area contributed by atoms with Gasteiger partial charge in [-0.1, -0.05) is 60.7 Å². The summed E-state index contributed by atoms with van der Waals surface area (Å²) < 4.78 is 116. The minimum Gasteiger partial charge on any atom is -0.341 e. The molecule has 0 saturated carbocycles. The fraction of sp³-hybridized carbons (Fsp3) is 0.250. The maximum atomic E-state index is 14.5. The van der Waals surface area contributed by atoms with Gasteiger partial charge in [0.1, 0.15) is 11.6 Å². The van der Waals surface area contributed by atoms with Gasteiger partial charge in [-0.05, 0) is 49.2 Å². The molecule has 0 saturated heterocycles. The van der Waals surface area contributed by atoms with Gasteiger partial charge in [0, 0.05) is 22.3 Å². The number of carbonyl (C=O) groups excluding carboxylic acids is 3. The molecule has 290 valence electrons. The number of Topliss-reactive ketones (excluding diaryl/α,β-unsaturated/α-hetero) is 2. The summed E-state index contributed by atoms with van der Waals surface area (Å²) in [7, 11) is -7.38. The van der Waals surface area contributed by atoms with E-state index in [0.717, 1.165) is 44.9 Å². The van der Waals surface area contributed by atoms with E-state index in [1.165, 1.54) is 23.5 Å². The van der Waals surface area contributed by atoms with Crippen LogP contribution in [0.5, 0.6) is 0 Å². The number of nitrogens with two attached hydrogens (primary N) is 1. The number of para-hydroxylation sites is 2. The minimum absolute atomic E-state index is 0.0421. The summed E-state index contributed by atoms with van der Waals surface area (Å²) in [5.41, 5.74) is 7.56. The minimum atomic E-state index is -5.14. The van der Waals surface area contributed by atoms with Crippen LogP contribution in [-0.4, -0.2) is 66.1 Å². The highest BCUT2D eigenvalue weighted by molar-refractivity contribution is 7.92. The van der Waals surface area contributed by atoms with E-state index >= 15 is 0 Å². The average Bonchev–Trinajstić information content (AvgIpc) is 3.08. The monoisotopic (exact) mass is 796 g/mol. The molecule has 18 heteroatoms. The Bertz CT molecular complexity index is 2250. The quantitative estimate of drug-likeness (QED) is 0.138. The number of nitrogens with zero attached hydrogens (tertiary/aromatic N) is 2. The van der Waals surface area contributed by atoms with Crippen LogP contribution in [0.25, 0.3) is 0 Å². The number of sulfonamides is 2. The Morgan fingerprint density at radius 2 is 1.06 bits per heavy atom. The second-order valence-electron chi connectivity index (χ2n) is 12.0. The molecule has 0 radical (unpaired) electrons. The van der Waals surface area contributed by atoms with Gasteiger partial charge in [-0.25, -0.2) is 25.6 Å². The largest absolute Gasteiger partial charge is 0.471 e. The summed E-state index contributed by atoms with van der Waals surface area (Å²) >= 11 is 0. The van der Waals surface area contributed by atoms with Gasteiger partial charge in [0.2, 0.25) is 20.0 Å². The Hall–Kier alpha value is -5.20. The zero-order chi connectivity index (χ0) is 40.6. The Balaban J connectivity index is 0.000000297. The highest BCUT2D eigenvalue weighted by Crippen LogP contribution is 2.27. The molecule has 11 nitrogen and oxygen atoms in total. The molecule has 3 N–H and O–H groups in total. The second-order valence-corrected chi connectivity index (χ2v) is 15.8. The van der Waals surface area contributed by atoms with Crippen molar-refractivity contribution in [1.82, 2.24) is 5.32 Å². The molecule has 4 rings (SSSR count). The van der Waals surface area contributed by atoms with Gasteiger partial charge in [0.15, 0.2) is 11.6 Å². The van der Waals surface area contributed by atoms with E-state index < -0.39 is 56.1 Å². The number of hydrogen-bond acceptors (Lipinski definition) is 8. The smallest absolute Gasteiger partial charge is 0.341 e. The summed E-state index contributed by atoms with van der Waals surface area (Å²) in [5, 5.41) is 1.41. The van der Waals surface area contributed by atoms with Crippen LogP contribution in [0.15, 0.2) is 84.9 Å². The molecule has 0 aromatic heterocycles. The fourth-order valence-electron chi connectivity index (χ4n) is 4.94. The third kappa shape index (κ3) is 11.6. The number of benzene rings is 4. The fourth-order valence-corrected chi connectivity index (χ4v) is 6.81. The Kier molecular flexibility index (Phi) is 14.2. The molecule has 0 atom stereocenters. The lowest BCUT2D eigenvalue weighted by atomic mass is 10.1. The van der Waals surface area contributed by atoms with Crippen molar-refractivity contribution in [2.75, 3.05) is 34.2 Å². The Labute approximate surface area is 309 Å². The first-order chi connectivity index (χ1) is 25.0. The highest BCUT2D eigenvalue weighted by atomic mass is 32.2. The zero-order valence-electron chi connectivity index (χ0n) is 29.4. The maximum absolute atomic E-state index is 14.5. The summed E-state index contributed by atoms with van der Waals surface area (Å²) in [6.45, 7) is 1.79. The molecule has 0 fully saturated rings. The third-order valence-corrected chi connectivity index (χ3v) is 10.1. The summed E-state index contributed by atoms with van der Waals surface area (Å²) in [6.07, 6.45) is -3.09. The number of ketones is 2. The molecule has 4 aromatic rings. The molecule has 0 bridgehead atoms. The van der Waals surface area contributed by atoms with E-state index in [-0.39, 0.29) is 47.7 Å². The molecule has 0 aliphatic carbocycles. The third-order valence-electron chi connectivity index (χ3n) is 7.80. The number of rotatable bonds is 13. The average molecular weight is 797 g/mol. The summed E-state index contributed by atoms with van der Waals surface area (Å²) in [4.78, 5) is 34.2. The SMILES string of the molecule is Cc1ccccc1N(Cc1ccc(C(=O)CN)cc1F)S(C)(=O)=O.Cc1ccccc1N(Cc1ccc(C(=O)CNC(=O)C(F)(F)F)cc1F)S(C)(=O)=O. The van der Waals surface area contributed by atoms with E-state index in [2.05, 4.69) is 0 Å². The van der Waals surface area contributed by atoms with E-state index in [4.69, 9.17) is 5.73 Å². The van der Waals surface area contributed by atoms with Crippen molar-refractivity contribution in [2.24, 2.45) is 5.73 Å². The first-order valence-corrected chi connectivity index (χ1v) is 19.5. The van der Waals surface area contributed by atoms with Crippen LogP contribution in [0.4, 0.5) is 33.3 Å². The number of amides is 1. The van der Waals surface area contributed by atoms with Gasteiger partial charge < -0.3 is 11.1 Å². The number of alkyl halides is 3. The first-order valence-electron chi connectivity index (χ1n) is 15.8. The number of nitrogens with one attached hydrogen (secondary N) is 1. The van der Waals surface area contributed by atoms with Gasteiger partial charge in [-0.15, -0.1) is 0 Å². The van der Waals surface area contributed by atoms with Crippen LogP contribution >= 0.6 is 0 Å². The van der Waals surface area contributed by atoms with E-state index in [1.807, 2.05) is 0 Å². The normalized spacial score (nSPS) is 11.6. The number of halogens is 5. The van der Waals surface area contributed by atoms with Crippen LogP contribution in [0.3, 0.4) is 0 Å². The molecule has 0 spiro atoms. The topological polar surface area (TPSA) is 164 Å². The maximum Gasteiger partial charge on any atom is 0.471 e. The molecule has 4 aromatic carbocycles. The Morgan fingerprint density at radius 3 is 1.39 bits per heavy atom.